The molecule has 0 atom stereocenters. The fourth-order valence-electron chi connectivity index (χ4n) is 1.20. The van der Waals surface area contributed by atoms with Crippen LogP contribution in [0.3, 0.4) is 0 Å². The summed E-state index contributed by atoms with van der Waals surface area (Å²) in [5, 5.41) is 11.0. The first-order chi connectivity index (χ1) is 9.68. The molecule has 21 heavy (non-hydrogen) atoms. The average molecular weight is 304 g/mol. The number of nitrogens with one attached hydrogen (secondary N) is 1. The molecule has 0 unspecified atom stereocenters. The molecule has 0 radical (unpaired) electrons. The van der Waals surface area contributed by atoms with Crippen molar-refractivity contribution in [1.82, 2.24) is 10.2 Å². The van der Waals surface area contributed by atoms with E-state index in [1.807, 2.05) is 27.7 Å². The maximum absolute atomic E-state index is 11.8. The SMILES string of the molecule is C=C(Cl)/C=C(\C)C#Cc1ccc(NC(=O)C(C)(C)C)nn1. The third-order valence-electron chi connectivity index (χ3n) is 2.35. The molecule has 1 aromatic heterocycles. The Labute approximate surface area is 130 Å². The Morgan fingerprint density at radius 3 is 2.52 bits per heavy atom. The Kier molecular flexibility index (Phi) is 5.69. The topological polar surface area (TPSA) is 54.9 Å². The van der Waals surface area contributed by atoms with Gasteiger partial charge in [0.1, 0.15) is 5.69 Å². The van der Waals surface area contributed by atoms with Gasteiger partial charge in [-0.3, -0.25) is 4.79 Å². The molecule has 0 bridgehead atoms. The second-order valence-corrected chi connectivity index (χ2v) is 6.02. The lowest BCUT2D eigenvalue weighted by Gasteiger charge is -2.16. The normalized spacial score (nSPS) is 11.4. The van der Waals surface area contributed by atoms with Crippen molar-refractivity contribution in [2.45, 2.75) is 27.7 Å². The van der Waals surface area contributed by atoms with E-state index in [1.165, 1.54) is 0 Å². The van der Waals surface area contributed by atoms with Crippen molar-refractivity contribution in [3.05, 3.63) is 41.1 Å². The van der Waals surface area contributed by atoms with Crippen LogP contribution in [-0.2, 0) is 4.79 Å². The highest BCUT2D eigenvalue weighted by Crippen LogP contribution is 2.15. The van der Waals surface area contributed by atoms with Crippen LogP contribution in [0.15, 0.2) is 35.4 Å². The molecule has 1 rings (SSSR count). The summed E-state index contributed by atoms with van der Waals surface area (Å²) in [5.41, 5.74) is 0.810. The van der Waals surface area contributed by atoms with Crippen LogP contribution in [0.25, 0.3) is 0 Å². The molecule has 1 heterocycles. The van der Waals surface area contributed by atoms with Gasteiger partial charge in [0.2, 0.25) is 5.91 Å². The van der Waals surface area contributed by atoms with Crippen molar-refractivity contribution in [3.63, 3.8) is 0 Å². The van der Waals surface area contributed by atoms with E-state index in [0.29, 0.717) is 16.5 Å². The zero-order valence-corrected chi connectivity index (χ0v) is 13.4. The smallest absolute Gasteiger partial charge is 0.230 e. The molecule has 0 aliphatic carbocycles. The number of carbonyl (C=O) groups excluding carboxylic acids is 1. The predicted octanol–water partition coefficient (Wildman–Crippen LogP) is 3.51. The molecule has 0 aromatic carbocycles. The average Bonchev–Trinajstić information content (AvgIpc) is 2.36. The van der Waals surface area contributed by atoms with Crippen LogP contribution < -0.4 is 5.32 Å². The van der Waals surface area contributed by atoms with E-state index in [0.717, 1.165) is 5.57 Å². The van der Waals surface area contributed by atoms with Gasteiger partial charge in [-0.25, -0.2) is 0 Å². The molecule has 110 valence electrons. The van der Waals surface area contributed by atoms with Crippen molar-refractivity contribution < 1.29 is 4.79 Å². The van der Waals surface area contributed by atoms with E-state index < -0.39 is 5.41 Å². The number of rotatable bonds is 2. The zero-order chi connectivity index (χ0) is 16.0. The lowest BCUT2D eigenvalue weighted by Crippen LogP contribution is -2.28. The van der Waals surface area contributed by atoms with Gasteiger partial charge < -0.3 is 5.32 Å². The molecular formula is C16H18ClN3O. The molecule has 0 saturated heterocycles. The van der Waals surface area contributed by atoms with Crippen molar-refractivity contribution >= 4 is 23.3 Å². The Morgan fingerprint density at radius 2 is 2.05 bits per heavy atom. The number of carbonyl (C=O) groups is 1. The van der Waals surface area contributed by atoms with Crippen LogP contribution in [0, 0.1) is 17.3 Å². The van der Waals surface area contributed by atoms with E-state index in [2.05, 4.69) is 33.9 Å². The monoisotopic (exact) mass is 303 g/mol. The second-order valence-electron chi connectivity index (χ2n) is 5.53. The van der Waals surface area contributed by atoms with Gasteiger partial charge in [0.25, 0.3) is 0 Å². The van der Waals surface area contributed by atoms with E-state index in [1.54, 1.807) is 18.2 Å². The molecule has 0 fully saturated rings. The molecule has 0 aliphatic heterocycles. The molecule has 1 aromatic rings. The van der Waals surface area contributed by atoms with Gasteiger partial charge in [-0.2, -0.15) is 0 Å². The first-order valence-corrected chi connectivity index (χ1v) is 6.76. The standard InChI is InChI=1S/C16H18ClN3O/c1-11(10-12(2)17)6-7-13-8-9-14(20-19-13)18-15(21)16(3,4)5/h8-10H,2H2,1,3-5H3,(H,18,20,21)/b11-10+. The summed E-state index contributed by atoms with van der Waals surface area (Å²) >= 11 is 5.65. The molecule has 4 nitrogen and oxygen atoms in total. The van der Waals surface area contributed by atoms with Gasteiger partial charge in [-0.1, -0.05) is 44.9 Å². The minimum atomic E-state index is -0.480. The van der Waals surface area contributed by atoms with Crippen LogP contribution >= 0.6 is 11.6 Å². The fourth-order valence-corrected chi connectivity index (χ4v) is 1.37. The molecular weight excluding hydrogens is 286 g/mol. The van der Waals surface area contributed by atoms with Gasteiger partial charge in [0, 0.05) is 16.0 Å². The summed E-state index contributed by atoms with van der Waals surface area (Å²) in [4.78, 5) is 11.8. The first-order valence-electron chi connectivity index (χ1n) is 6.38. The highest BCUT2D eigenvalue weighted by Gasteiger charge is 2.21. The van der Waals surface area contributed by atoms with Gasteiger partial charge in [0.15, 0.2) is 5.82 Å². The Balaban J connectivity index is 2.78. The summed E-state index contributed by atoms with van der Waals surface area (Å²) < 4.78 is 0. The van der Waals surface area contributed by atoms with Crippen molar-refractivity contribution in [1.29, 1.82) is 0 Å². The number of hydrogen-bond donors (Lipinski definition) is 1. The minimum absolute atomic E-state index is 0.116. The molecule has 1 amide bonds. The first kappa shape index (κ1) is 16.9. The zero-order valence-electron chi connectivity index (χ0n) is 12.6. The largest absolute Gasteiger partial charge is 0.309 e. The van der Waals surface area contributed by atoms with E-state index in [4.69, 9.17) is 11.6 Å². The molecule has 0 saturated carbocycles. The highest BCUT2D eigenvalue weighted by molar-refractivity contribution is 6.30. The number of amides is 1. The molecule has 1 N–H and O–H groups in total. The maximum atomic E-state index is 11.8. The van der Waals surface area contributed by atoms with Crippen molar-refractivity contribution in [2.75, 3.05) is 5.32 Å². The third-order valence-corrected chi connectivity index (χ3v) is 2.46. The van der Waals surface area contributed by atoms with Gasteiger partial charge in [-0.05, 0) is 31.1 Å². The molecule has 0 aliphatic rings. The van der Waals surface area contributed by atoms with Gasteiger partial charge in [0.05, 0.1) is 0 Å². The van der Waals surface area contributed by atoms with Crippen LogP contribution in [0.2, 0.25) is 0 Å². The number of anilines is 1. The van der Waals surface area contributed by atoms with Crippen molar-refractivity contribution in [2.24, 2.45) is 5.41 Å². The number of aromatic nitrogens is 2. The van der Waals surface area contributed by atoms with E-state index in [-0.39, 0.29) is 5.91 Å². The number of allylic oxidation sites excluding steroid dienone is 3. The Bertz CT molecular complexity index is 628. The lowest BCUT2D eigenvalue weighted by molar-refractivity contribution is -0.123. The van der Waals surface area contributed by atoms with Crippen LogP contribution in [0.4, 0.5) is 5.82 Å². The Morgan fingerprint density at radius 1 is 1.38 bits per heavy atom. The maximum Gasteiger partial charge on any atom is 0.230 e. The lowest BCUT2D eigenvalue weighted by atomic mass is 9.96. The summed E-state index contributed by atoms with van der Waals surface area (Å²) in [7, 11) is 0. The van der Waals surface area contributed by atoms with E-state index >= 15 is 0 Å². The summed E-state index contributed by atoms with van der Waals surface area (Å²) in [6.07, 6.45) is 1.67. The third kappa shape index (κ3) is 6.24. The Hall–Kier alpha value is -2.12. The van der Waals surface area contributed by atoms with Crippen molar-refractivity contribution in [3.8, 4) is 11.8 Å². The fraction of sp³-hybridized carbons (Fsp3) is 0.312. The predicted molar refractivity (Wildman–Crippen MR) is 85.7 cm³/mol. The quantitative estimate of drug-likeness (QED) is 0.672. The molecule has 5 heteroatoms. The summed E-state index contributed by atoms with van der Waals surface area (Å²) in [5.74, 6) is 6.04. The van der Waals surface area contributed by atoms with Gasteiger partial charge >= 0.3 is 0 Å². The van der Waals surface area contributed by atoms with Crippen LogP contribution in [-0.4, -0.2) is 16.1 Å². The van der Waals surface area contributed by atoms with E-state index in [9.17, 15) is 4.79 Å². The summed E-state index contributed by atoms with van der Waals surface area (Å²) in [6.45, 7) is 10.9. The summed E-state index contributed by atoms with van der Waals surface area (Å²) in [6, 6.07) is 3.36. The number of hydrogen-bond acceptors (Lipinski definition) is 3. The van der Waals surface area contributed by atoms with Gasteiger partial charge in [-0.15, -0.1) is 10.2 Å². The highest BCUT2D eigenvalue weighted by atomic mass is 35.5. The van der Waals surface area contributed by atoms with Crippen LogP contribution in [0.5, 0.6) is 0 Å². The number of nitrogens with zero attached hydrogens (tertiary/aromatic N) is 2. The minimum Gasteiger partial charge on any atom is -0.309 e. The molecule has 0 spiro atoms. The van der Waals surface area contributed by atoms with Crippen LogP contribution in [0.1, 0.15) is 33.4 Å². The second kappa shape index (κ2) is 7.05. The number of halogens is 1.